The molecule has 12 atom stereocenters. The van der Waals surface area contributed by atoms with Crippen molar-refractivity contribution in [1.82, 2.24) is 0 Å². The van der Waals surface area contributed by atoms with E-state index in [1.165, 1.54) is 0 Å². The zero-order valence-electron chi connectivity index (χ0n) is 19.6. The molecule has 0 aromatic carbocycles. The molecule has 0 radical (unpaired) electrons. The SMILES string of the molecule is CC[C@H]1[C@@H](O)C2C3C[C@@H](O)[C@H]([C@H](C)CCCO)[C@@]3(C)CCC2[C@@]2(C)CC[C@@H](O)C[C@@H]12. The minimum absolute atomic E-state index is 0.0755. The van der Waals surface area contributed by atoms with Crippen LogP contribution in [0.4, 0.5) is 0 Å². The van der Waals surface area contributed by atoms with Crippen molar-refractivity contribution >= 4 is 0 Å². The molecule has 4 aliphatic rings. The maximum Gasteiger partial charge on any atom is 0.0605 e. The van der Waals surface area contributed by atoms with Crippen LogP contribution in [0.2, 0.25) is 0 Å². The van der Waals surface area contributed by atoms with Gasteiger partial charge in [0.05, 0.1) is 18.3 Å². The van der Waals surface area contributed by atoms with Crippen molar-refractivity contribution in [1.29, 1.82) is 0 Å². The number of fused-ring (bicyclic) bond motifs is 5. The van der Waals surface area contributed by atoms with E-state index in [1.54, 1.807) is 0 Å². The second-order valence-electron chi connectivity index (χ2n) is 12.1. The molecule has 4 rings (SSSR count). The van der Waals surface area contributed by atoms with Crippen LogP contribution in [-0.2, 0) is 0 Å². The molecule has 0 aliphatic heterocycles. The molecule has 4 heteroatoms. The second kappa shape index (κ2) is 8.32. The molecule has 4 N–H and O–H groups in total. The predicted molar refractivity (Wildman–Crippen MR) is 119 cm³/mol. The van der Waals surface area contributed by atoms with Gasteiger partial charge >= 0.3 is 0 Å². The first kappa shape index (κ1) is 23.0. The number of hydrogen-bond donors (Lipinski definition) is 4. The fraction of sp³-hybridized carbons (Fsp3) is 1.00. The zero-order valence-corrected chi connectivity index (χ0v) is 19.6. The van der Waals surface area contributed by atoms with Crippen LogP contribution < -0.4 is 0 Å². The van der Waals surface area contributed by atoms with Gasteiger partial charge in [0.25, 0.3) is 0 Å². The summed E-state index contributed by atoms with van der Waals surface area (Å²) in [5, 5.41) is 42.7. The summed E-state index contributed by atoms with van der Waals surface area (Å²) in [5.41, 5.74) is 0.281. The normalized spacial score (nSPS) is 54.2. The second-order valence-corrected chi connectivity index (χ2v) is 12.1. The van der Waals surface area contributed by atoms with Crippen LogP contribution >= 0.6 is 0 Å². The van der Waals surface area contributed by atoms with E-state index in [0.29, 0.717) is 23.7 Å². The molecule has 4 saturated carbocycles. The topological polar surface area (TPSA) is 80.9 Å². The van der Waals surface area contributed by atoms with Gasteiger partial charge in [0.2, 0.25) is 0 Å². The predicted octanol–water partition coefficient (Wildman–Crippen LogP) is 3.99. The van der Waals surface area contributed by atoms with Gasteiger partial charge in [0, 0.05) is 6.61 Å². The Morgan fingerprint density at radius 1 is 0.933 bits per heavy atom. The van der Waals surface area contributed by atoms with Gasteiger partial charge in [-0.2, -0.15) is 0 Å². The van der Waals surface area contributed by atoms with E-state index >= 15 is 0 Å². The molecule has 0 spiro atoms. The van der Waals surface area contributed by atoms with Gasteiger partial charge in [-0.15, -0.1) is 0 Å². The molecular weight excluding hydrogens is 376 g/mol. The fourth-order valence-electron chi connectivity index (χ4n) is 9.64. The Morgan fingerprint density at radius 3 is 2.30 bits per heavy atom. The number of aliphatic hydroxyl groups excluding tert-OH is 4. The van der Waals surface area contributed by atoms with Gasteiger partial charge in [-0.1, -0.05) is 34.1 Å². The zero-order chi connectivity index (χ0) is 21.8. The third kappa shape index (κ3) is 3.31. The highest BCUT2D eigenvalue weighted by Crippen LogP contribution is 2.69. The van der Waals surface area contributed by atoms with Gasteiger partial charge in [-0.05, 0) is 104 Å². The minimum atomic E-state index is -0.313. The number of aliphatic hydroxyl groups is 4. The molecule has 3 unspecified atom stereocenters. The molecule has 0 bridgehead atoms. The Morgan fingerprint density at radius 2 is 1.63 bits per heavy atom. The molecule has 4 aliphatic carbocycles. The van der Waals surface area contributed by atoms with E-state index in [0.717, 1.165) is 57.8 Å². The maximum absolute atomic E-state index is 11.7. The summed E-state index contributed by atoms with van der Waals surface area (Å²) in [6.07, 6.45) is 7.85. The van der Waals surface area contributed by atoms with Crippen LogP contribution in [0.5, 0.6) is 0 Å². The summed E-state index contributed by atoms with van der Waals surface area (Å²) >= 11 is 0. The van der Waals surface area contributed by atoms with Crippen LogP contribution in [0.3, 0.4) is 0 Å². The molecule has 0 saturated heterocycles. The van der Waals surface area contributed by atoms with Crippen molar-refractivity contribution < 1.29 is 20.4 Å². The molecule has 0 heterocycles. The summed E-state index contributed by atoms with van der Waals surface area (Å²) in [4.78, 5) is 0. The van der Waals surface area contributed by atoms with Crippen molar-refractivity contribution in [3.8, 4) is 0 Å². The summed E-state index contributed by atoms with van der Waals surface area (Å²) in [5.74, 6) is 2.49. The van der Waals surface area contributed by atoms with Gasteiger partial charge in [0.15, 0.2) is 0 Å². The van der Waals surface area contributed by atoms with Crippen LogP contribution in [0.1, 0.15) is 85.5 Å². The number of hydrogen-bond acceptors (Lipinski definition) is 4. The Labute approximate surface area is 183 Å². The first-order valence-electron chi connectivity index (χ1n) is 12.8. The summed E-state index contributed by atoms with van der Waals surface area (Å²) in [6.45, 7) is 9.55. The van der Waals surface area contributed by atoms with Gasteiger partial charge < -0.3 is 20.4 Å². The first-order chi connectivity index (χ1) is 14.2. The monoisotopic (exact) mass is 422 g/mol. The van der Waals surface area contributed by atoms with E-state index in [-0.39, 0.29) is 53.5 Å². The highest BCUT2D eigenvalue weighted by Gasteiger charge is 2.66. The average Bonchev–Trinajstić information content (AvgIpc) is 2.98. The largest absolute Gasteiger partial charge is 0.396 e. The van der Waals surface area contributed by atoms with Crippen molar-refractivity contribution in [3.63, 3.8) is 0 Å². The molecule has 0 aromatic rings. The van der Waals surface area contributed by atoms with Crippen molar-refractivity contribution in [2.24, 2.45) is 52.3 Å². The third-order valence-corrected chi connectivity index (χ3v) is 10.9. The molecule has 30 heavy (non-hydrogen) atoms. The van der Waals surface area contributed by atoms with Crippen LogP contribution in [0.25, 0.3) is 0 Å². The van der Waals surface area contributed by atoms with Crippen LogP contribution in [-0.4, -0.2) is 45.3 Å². The molecule has 0 aromatic heterocycles. The first-order valence-corrected chi connectivity index (χ1v) is 12.8. The van der Waals surface area contributed by atoms with E-state index < -0.39 is 0 Å². The Bertz CT molecular complexity index is 610. The average molecular weight is 423 g/mol. The highest BCUT2D eigenvalue weighted by molar-refractivity contribution is 5.15. The Hall–Kier alpha value is -0.160. The molecule has 0 amide bonds. The van der Waals surface area contributed by atoms with Gasteiger partial charge in [-0.25, -0.2) is 0 Å². The molecule has 4 fully saturated rings. The van der Waals surface area contributed by atoms with Crippen molar-refractivity contribution in [2.45, 2.75) is 104 Å². The minimum Gasteiger partial charge on any atom is -0.396 e. The lowest BCUT2D eigenvalue weighted by Crippen LogP contribution is -2.62. The quantitative estimate of drug-likeness (QED) is 0.540. The Balaban J connectivity index is 1.67. The number of rotatable bonds is 5. The summed E-state index contributed by atoms with van der Waals surface area (Å²) in [6, 6.07) is 0. The molecule has 174 valence electrons. The van der Waals surface area contributed by atoms with Crippen molar-refractivity contribution in [3.05, 3.63) is 0 Å². The van der Waals surface area contributed by atoms with E-state index in [9.17, 15) is 20.4 Å². The summed E-state index contributed by atoms with van der Waals surface area (Å²) < 4.78 is 0. The van der Waals surface area contributed by atoms with Crippen LogP contribution in [0.15, 0.2) is 0 Å². The van der Waals surface area contributed by atoms with E-state index in [1.807, 2.05) is 0 Å². The molecule has 4 nitrogen and oxygen atoms in total. The van der Waals surface area contributed by atoms with Gasteiger partial charge in [0.1, 0.15) is 0 Å². The lowest BCUT2D eigenvalue weighted by molar-refractivity contribution is -0.203. The maximum atomic E-state index is 11.7. The van der Waals surface area contributed by atoms with Crippen LogP contribution in [0, 0.1) is 52.3 Å². The lowest BCUT2D eigenvalue weighted by atomic mass is 9.41. The van der Waals surface area contributed by atoms with E-state index in [2.05, 4.69) is 27.7 Å². The Kier molecular flexibility index (Phi) is 6.38. The van der Waals surface area contributed by atoms with Gasteiger partial charge in [-0.3, -0.25) is 0 Å². The van der Waals surface area contributed by atoms with Crippen molar-refractivity contribution in [2.75, 3.05) is 6.61 Å². The third-order valence-electron chi connectivity index (χ3n) is 10.9. The summed E-state index contributed by atoms with van der Waals surface area (Å²) in [7, 11) is 0. The highest BCUT2D eigenvalue weighted by atomic mass is 16.3. The molecular formula is C26H46O4. The smallest absolute Gasteiger partial charge is 0.0605 e. The van der Waals surface area contributed by atoms with E-state index in [4.69, 9.17) is 0 Å². The fourth-order valence-corrected chi connectivity index (χ4v) is 9.64. The lowest BCUT2D eigenvalue weighted by Gasteiger charge is -2.64. The standard InChI is InChI=1S/C26H46O4/c1-5-17-19-13-16(28)8-10-25(19,3)18-9-11-26(4)20(22(18)24(17)30)14-21(29)23(26)15(2)7-6-12-27/h15-24,27-30H,5-14H2,1-4H3/t15-,16-,17-,18?,19+,20?,21-,22?,23+,24-,25-,26+/m1/s1.